The number of rotatable bonds is 2. The molecule has 0 heterocycles. The molecule has 0 aliphatic rings. The van der Waals surface area contributed by atoms with Crippen LogP contribution in [0.2, 0.25) is 0 Å². The lowest BCUT2D eigenvalue weighted by atomic mass is 10.1. The van der Waals surface area contributed by atoms with E-state index < -0.39 is 0 Å². The molecule has 2 N–H and O–H groups in total. The maximum Gasteiger partial charge on any atom is 0.339 e. The van der Waals surface area contributed by atoms with Crippen LogP contribution < -0.4 is 5.73 Å². The summed E-state index contributed by atoms with van der Waals surface area (Å²) in [6.45, 7) is 4.08. The zero-order valence-corrected chi connectivity index (χ0v) is 10.3. The molecule has 0 bridgehead atoms. The van der Waals surface area contributed by atoms with Crippen molar-refractivity contribution in [3.8, 4) is 0 Å². The molecule has 0 fully saturated rings. The molecule has 3 nitrogen and oxygen atoms in total. The van der Waals surface area contributed by atoms with Crippen LogP contribution in [0.5, 0.6) is 0 Å². The number of anilines is 1. The Kier molecular flexibility index (Phi) is 3.74. The third kappa shape index (κ3) is 2.37. The minimum atomic E-state index is -0.313. The van der Waals surface area contributed by atoms with Gasteiger partial charge in [0.1, 0.15) is 0 Å². The van der Waals surface area contributed by atoms with Crippen LogP contribution in [0.4, 0.5) is 5.69 Å². The molecule has 0 radical (unpaired) electrons. The fourth-order valence-corrected chi connectivity index (χ4v) is 1.69. The Balaban J connectivity index is 3.13. The largest absolute Gasteiger partial charge is 0.462 e. The Bertz CT molecular complexity index is 363. The van der Waals surface area contributed by atoms with Crippen molar-refractivity contribution in [3.63, 3.8) is 0 Å². The van der Waals surface area contributed by atoms with Gasteiger partial charge in [0.25, 0.3) is 0 Å². The van der Waals surface area contributed by atoms with Crippen LogP contribution >= 0.6 is 22.6 Å². The minimum absolute atomic E-state index is 0.313. The van der Waals surface area contributed by atoms with E-state index in [2.05, 4.69) is 22.6 Å². The molecule has 0 aromatic heterocycles. The van der Waals surface area contributed by atoms with E-state index in [4.69, 9.17) is 10.5 Å². The molecule has 0 unspecified atom stereocenters. The fraction of sp³-hybridized carbons (Fsp3) is 0.300. The van der Waals surface area contributed by atoms with Gasteiger partial charge in [-0.25, -0.2) is 4.79 Å². The number of carbonyl (C=O) groups is 1. The average Bonchev–Trinajstić information content (AvgIpc) is 2.11. The molecule has 4 heteroatoms. The minimum Gasteiger partial charge on any atom is -0.462 e. The number of hydrogen-bond acceptors (Lipinski definition) is 3. The lowest BCUT2D eigenvalue weighted by molar-refractivity contribution is 0.0525. The molecule has 0 saturated carbocycles. The first-order chi connectivity index (χ1) is 6.56. The highest BCUT2D eigenvalue weighted by molar-refractivity contribution is 14.1. The van der Waals surface area contributed by atoms with E-state index in [-0.39, 0.29) is 5.97 Å². The van der Waals surface area contributed by atoms with Crippen molar-refractivity contribution in [2.75, 3.05) is 12.3 Å². The summed E-state index contributed by atoms with van der Waals surface area (Å²) in [6.07, 6.45) is 0. The van der Waals surface area contributed by atoms with Gasteiger partial charge in [-0.3, -0.25) is 0 Å². The van der Waals surface area contributed by atoms with Gasteiger partial charge in [-0.1, -0.05) is 0 Å². The van der Waals surface area contributed by atoms with Gasteiger partial charge >= 0.3 is 5.97 Å². The number of ether oxygens (including phenoxy) is 1. The molecule has 1 rings (SSSR count). The molecule has 0 spiro atoms. The molecule has 0 aliphatic carbocycles. The molecule has 14 heavy (non-hydrogen) atoms. The normalized spacial score (nSPS) is 9.93. The highest BCUT2D eigenvalue weighted by Gasteiger charge is 2.13. The summed E-state index contributed by atoms with van der Waals surface area (Å²) in [5.74, 6) is -0.313. The smallest absolute Gasteiger partial charge is 0.339 e. The lowest BCUT2D eigenvalue weighted by Gasteiger charge is -2.07. The quantitative estimate of drug-likeness (QED) is 0.518. The van der Waals surface area contributed by atoms with Crippen LogP contribution in [0.3, 0.4) is 0 Å². The van der Waals surface area contributed by atoms with Crippen molar-refractivity contribution in [1.82, 2.24) is 0 Å². The summed E-state index contributed by atoms with van der Waals surface area (Å²) < 4.78 is 5.82. The van der Waals surface area contributed by atoms with Crippen molar-refractivity contribution < 1.29 is 9.53 Å². The number of esters is 1. The van der Waals surface area contributed by atoms with Crippen molar-refractivity contribution in [2.24, 2.45) is 0 Å². The van der Waals surface area contributed by atoms with Crippen LogP contribution in [-0.4, -0.2) is 12.6 Å². The molecule has 0 saturated heterocycles. The van der Waals surface area contributed by atoms with Gasteiger partial charge in [-0.2, -0.15) is 0 Å². The van der Waals surface area contributed by atoms with Gasteiger partial charge < -0.3 is 10.5 Å². The Morgan fingerprint density at radius 1 is 1.57 bits per heavy atom. The predicted molar refractivity (Wildman–Crippen MR) is 64.3 cm³/mol. The molecule has 0 atom stereocenters. The highest BCUT2D eigenvalue weighted by Crippen LogP contribution is 2.21. The number of nitrogens with two attached hydrogens (primary N) is 1. The van der Waals surface area contributed by atoms with Crippen molar-refractivity contribution >= 4 is 34.2 Å². The number of benzene rings is 1. The summed E-state index contributed by atoms with van der Waals surface area (Å²) in [5, 5.41) is 0. The zero-order valence-electron chi connectivity index (χ0n) is 8.13. The Morgan fingerprint density at radius 2 is 2.21 bits per heavy atom. The lowest BCUT2D eigenvalue weighted by Crippen LogP contribution is -2.08. The predicted octanol–water partition coefficient (Wildman–Crippen LogP) is 2.36. The number of nitrogen functional groups attached to an aromatic ring is 1. The van der Waals surface area contributed by atoms with E-state index in [0.717, 1.165) is 9.13 Å². The molecule has 0 aliphatic heterocycles. The molecule has 0 amide bonds. The van der Waals surface area contributed by atoms with E-state index in [1.807, 2.05) is 13.0 Å². The molecular weight excluding hydrogens is 293 g/mol. The standard InChI is InChI=1S/C10H12INO2/c1-3-14-10(13)8-5-7(12)4-6(2)9(8)11/h4-5H,3,12H2,1-2H3. The first-order valence-corrected chi connectivity index (χ1v) is 5.37. The average molecular weight is 305 g/mol. The summed E-state index contributed by atoms with van der Waals surface area (Å²) in [6, 6.07) is 3.48. The highest BCUT2D eigenvalue weighted by atomic mass is 127. The number of hydrogen-bond donors (Lipinski definition) is 1. The van der Waals surface area contributed by atoms with Crippen LogP contribution in [0.1, 0.15) is 22.8 Å². The summed E-state index contributed by atoms with van der Waals surface area (Å²) in [4.78, 5) is 11.5. The van der Waals surface area contributed by atoms with Gasteiger partial charge in [0.2, 0.25) is 0 Å². The second-order valence-corrected chi connectivity index (χ2v) is 4.00. The van der Waals surface area contributed by atoms with Crippen molar-refractivity contribution in [2.45, 2.75) is 13.8 Å². The number of aryl methyl sites for hydroxylation is 1. The van der Waals surface area contributed by atoms with Gasteiger partial charge in [0.05, 0.1) is 12.2 Å². The van der Waals surface area contributed by atoms with Crippen LogP contribution in [0, 0.1) is 10.5 Å². The Labute approximate surface area is 96.8 Å². The second-order valence-electron chi connectivity index (χ2n) is 2.92. The molecular formula is C10H12INO2. The number of halogens is 1. The molecule has 76 valence electrons. The SMILES string of the molecule is CCOC(=O)c1cc(N)cc(C)c1I. The van der Waals surface area contributed by atoms with Crippen molar-refractivity contribution in [1.29, 1.82) is 0 Å². The molecule has 1 aromatic rings. The summed E-state index contributed by atoms with van der Waals surface area (Å²) in [7, 11) is 0. The summed E-state index contributed by atoms with van der Waals surface area (Å²) in [5.41, 5.74) is 7.78. The Morgan fingerprint density at radius 3 is 2.79 bits per heavy atom. The number of carbonyl (C=O) groups excluding carboxylic acids is 1. The fourth-order valence-electron chi connectivity index (χ4n) is 1.15. The summed E-state index contributed by atoms with van der Waals surface area (Å²) >= 11 is 2.12. The zero-order chi connectivity index (χ0) is 10.7. The van der Waals surface area contributed by atoms with Crippen LogP contribution in [0.25, 0.3) is 0 Å². The van der Waals surface area contributed by atoms with Gasteiger partial charge in [-0.15, -0.1) is 0 Å². The second kappa shape index (κ2) is 4.63. The van der Waals surface area contributed by atoms with E-state index in [1.54, 1.807) is 13.0 Å². The van der Waals surface area contributed by atoms with Crippen LogP contribution in [0.15, 0.2) is 12.1 Å². The molecule has 1 aromatic carbocycles. The van der Waals surface area contributed by atoms with Crippen molar-refractivity contribution in [3.05, 3.63) is 26.8 Å². The first kappa shape index (κ1) is 11.3. The Hall–Kier alpha value is -0.780. The van der Waals surface area contributed by atoms with E-state index >= 15 is 0 Å². The third-order valence-corrected chi connectivity index (χ3v) is 3.20. The van der Waals surface area contributed by atoms with Gasteiger partial charge in [0.15, 0.2) is 0 Å². The van der Waals surface area contributed by atoms with E-state index in [0.29, 0.717) is 17.9 Å². The maximum atomic E-state index is 11.5. The van der Waals surface area contributed by atoms with E-state index in [1.165, 1.54) is 0 Å². The topological polar surface area (TPSA) is 52.3 Å². The van der Waals surface area contributed by atoms with E-state index in [9.17, 15) is 4.79 Å². The maximum absolute atomic E-state index is 11.5. The van der Waals surface area contributed by atoms with Gasteiger partial charge in [0, 0.05) is 9.26 Å². The monoisotopic (exact) mass is 305 g/mol. The van der Waals surface area contributed by atoms with Gasteiger partial charge in [-0.05, 0) is 54.1 Å². The third-order valence-electron chi connectivity index (χ3n) is 1.77. The van der Waals surface area contributed by atoms with Crippen LogP contribution in [-0.2, 0) is 4.74 Å². The first-order valence-electron chi connectivity index (χ1n) is 4.29.